The van der Waals surface area contributed by atoms with Gasteiger partial charge in [-0.25, -0.2) is 14.8 Å². The van der Waals surface area contributed by atoms with Crippen molar-refractivity contribution in [2.75, 3.05) is 19.0 Å². The molecule has 0 saturated carbocycles. The van der Waals surface area contributed by atoms with E-state index < -0.39 is 5.97 Å². The number of hydrogen-bond acceptors (Lipinski definition) is 7. The number of hydrogen-bond donors (Lipinski definition) is 1. The fraction of sp³-hybridized carbons (Fsp3) is 0.190. The molecule has 4 rings (SSSR count). The molecule has 0 unspecified atom stereocenters. The van der Waals surface area contributed by atoms with Crippen LogP contribution < -0.4 is 10.1 Å². The van der Waals surface area contributed by atoms with Gasteiger partial charge < -0.3 is 19.2 Å². The van der Waals surface area contributed by atoms with Gasteiger partial charge >= 0.3 is 5.97 Å². The smallest absolute Gasteiger partial charge is 0.376 e. The van der Waals surface area contributed by atoms with Gasteiger partial charge in [0.2, 0.25) is 5.82 Å². The van der Waals surface area contributed by atoms with E-state index in [-0.39, 0.29) is 12.4 Å². The Bertz CT molecular complexity index is 1140. The quantitative estimate of drug-likeness (QED) is 0.505. The SMILES string of the molecule is CCOC(=O)c1nc(NCc2ccc(OC)cc2)c2oc3ccccc3c2n1. The molecule has 0 aliphatic heterocycles. The van der Waals surface area contributed by atoms with Gasteiger partial charge in [0.1, 0.15) is 16.8 Å². The molecular weight excluding hydrogens is 358 g/mol. The maximum Gasteiger partial charge on any atom is 0.376 e. The van der Waals surface area contributed by atoms with Crippen molar-refractivity contribution in [1.82, 2.24) is 9.97 Å². The topological polar surface area (TPSA) is 86.5 Å². The summed E-state index contributed by atoms with van der Waals surface area (Å²) in [5.41, 5.74) is 2.79. The zero-order chi connectivity index (χ0) is 19.5. The number of carbonyl (C=O) groups excluding carboxylic acids is 1. The van der Waals surface area contributed by atoms with Crippen LogP contribution in [-0.2, 0) is 11.3 Å². The van der Waals surface area contributed by atoms with Gasteiger partial charge in [-0.05, 0) is 36.8 Å². The van der Waals surface area contributed by atoms with Crippen molar-refractivity contribution in [2.45, 2.75) is 13.5 Å². The summed E-state index contributed by atoms with van der Waals surface area (Å²) in [5.74, 6) is 0.662. The van der Waals surface area contributed by atoms with Crippen LogP contribution in [0.4, 0.5) is 5.82 Å². The minimum absolute atomic E-state index is 0.00173. The summed E-state index contributed by atoms with van der Waals surface area (Å²) in [4.78, 5) is 21.0. The molecule has 4 aromatic rings. The third-order valence-electron chi connectivity index (χ3n) is 4.30. The molecule has 142 valence electrons. The second-order valence-electron chi connectivity index (χ2n) is 6.09. The second kappa shape index (κ2) is 7.56. The highest BCUT2D eigenvalue weighted by atomic mass is 16.5. The Kier molecular flexibility index (Phi) is 4.80. The summed E-state index contributed by atoms with van der Waals surface area (Å²) < 4.78 is 16.2. The normalized spacial score (nSPS) is 10.9. The summed E-state index contributed by atoms with van der Waals surface area (Å²) >= 11 is 0. The molecule has 1 N–H and O–H groups in total. The molecule has 2 aromatic heterocycles. The monoisotopic (exact) mass is 377 g/mol. The van der Waals surface area contributed by atoms with Crippen LogP contribution in [0.1, 0.15) is 23.1 Å². The molecule has 2 aromatic carbocycles. The number of anilines is 1. The number of methoxy groups -OCH3 is 1. The van der Waals surface area contributed by atoms with Gasteiger partial charge in [0, 0.05) is 11.9 Å². The van der Waals surface area contributed by atoms with Crippen LogP contribution in [0, 0.1) is 0 Å². The van der Waals surface area contributed by atoms with Crippen LogP contribution in [0.15, 0.2) is 52.9 Å². The Balaban J connectivity index is 1.74. The number of ether oxygens (including phenoxy) is 2. The van der Waals surface area contributed by atoms with E-state index in [2.05, 4.69) is 15.3 Å². The standard InChI is InChI=1S/C21H19N3O4/c1-3-27-21(25)20-23-17-15-6-4-5-7-16(15)28-18(17)19(24-20)22-12-13-8-10-14(26-2)11-9-13/h4-11H,3,12H2,1-2H3,(H,22,23,24). The van der Waals surface area contributed by atoms with Crippen LogP contribution >= 0.6 is 0 Å². The van der Waals surface area contributed by atoms with E-state index in [0.29, 0.717) is 29.0 Å². The lowest BCUT2D eigenvalue weighted by Crippen LogP contribution is -2.12. The third-order valence-corrected chi connectivity index (χ3v) is 4.30. The van der Waals surface area contributed by atoms with E-state index >= 15 is 0 Å². The van der Waals surface area contributed by atoms with E-state index in [1.807, 2.05) is 48.5 Å². The molecule has 7 nitrogen and oxygen atoms in total. The highest BCUT2D eigenvalue weighted by molar-refractivity contribution is 6.06. The Morgan fingerprint density at radius 2 is 1.89 bits per heavy atom. The summed E-state index contributed by atoms with van der Waals surface area (Å²) in [6.07, 6.45) is 0. The Morgan fingerprint density at radius 3 is 2.64 bits per heavy atom. The van der Waals surface area contributed by atoms with Crippen molar-refractivity contribution in [3.8, 4) is 5.75 Å². The summed E-state index contributed by atoms with van der Waals surface area (Å²) in [7, 11) is 1.63. The van der Waals surface area contributed by atoms with Gasteiger partial charge in [0.05, 0.1) is 13.7 Å². The molecule has 0 aliphatic rings. The first kappa shape index (κ1) is 17.8. The molecule has 2 heterocycles. The summed E-state index contributed by atoms with van der Waals surface area (Å²) in [6, 6.07) is 15.2. The molecule has 28 heavy (non-hydrogen) atoms. The number of nitrogens with one attached hydrogen (secondary N) is 1. The van der Waals surface area contributed by atoms with Gasteiger partial charge in [-0.1, -0.05) is 24.3 Å². The van der Waals surface area contributed by atoms with Crippen molar-refractivity contribution in [3.63, 3.8) is 0 Å². The lowest BCUT2D eigenvalue weighted by atomic mass is 10.2. The van der Waals surface area contributed by atoms with Crippen molar-refractivity contribution in [2.24, 2.45) is 0 Å². The van der Waals surface area contributed by atoms with E-state index in [9.17, 15) is 4.79 Å². The summed E-state index contributed by atoms with van der Waals surface area (Å²) in [5, 5.41) is 4.06. The maximum absolute atomic E-state index is 12.2. The molecule has 0 fully saturated rings. The van der Waals surface area contributed by atoms with E-state index in [1.54, 1.807) is 14.0 Å². The average Bonchev–Trinajstić information content (AvgIpc) is 3.11. The summed E-state index contributed by atoms with van der Waals surface area (Å²) in [6.45, 7) is 2.49. The molecule has 0 saturated heterocycles. The predicted octanol–water partition coefficient (Wildman–Crippen LogP) is 4.17. The van der Waals surface area contributed by atoms with E-state index in [0.717, 1.165) is 16.7 Å². The van der Waals surface area contributed by atoms with Gasteiger partial charge in [0.15, 0.2) is 11.4 Å². The number of aromatic nitrogens is 2. The molecular formula is C21H19N3O4. The fourth-order valence-corrected chi connectivity index (χ4v) is 2.93. The first-order valence-corrected chi connectivity index (χ1v) is 8.92. The second-order valence-corrected chi connectivity index (χ2v) is 6.09. The zero-order valence-electron chi connectivity index (χ0n) is 15.6. The number of benzene rings is 2. The number of carbonyl (C=O) groups is 1. The number of esters is 1. The molecule has 0 amide bonds. The van der Waals surface area contributed by atoms with Crippen molar-refractivity contribution < 1.29 is 18.7 Å². The minimum atomic E-state index is -0.567. The lowest BCUT2D eigenvalue weighted by Gasteiger charge is -2.08. The van der Waals surface area contributed by atoms with Crippen LogP contribution in [0.5, 0.6) is 5.75 Å². The van der Waals surface area contributed by atoms with Gasteiger partial charge in [-0.2, -0.15) is 0 Å². The lowest BCUT2D eigenvalue weighted by molar-refractivity contribution is 0.0512. The molecule has 0 radical (unpaired) electrons. The van der Waals surface area contributed by atoms with E-state index in [1.165, 1.54) is 0 Å². The van der Waals surface area contributed by atoms with Gasteiger partial charge in [-0.15, -0.1) is 0 Å². The molecule has 0 spiro atoms. The Labute approximate surface area is 161 Å². The predicted molar refractivity (Wildman–Crippen MR) is 106 cm³/mol. The van der Waals surface area contributed by atoms with E-state index in [4.69, 9.17) is 13.9 Å². The number of nitrogens with zero attached hydrogens (tertiary/aromatic N) is 2. The van der Waals surface area contributed by atoms with Crippen LogP contribution in [0.2, 0.25) is 0 Å². The van der Waals surface area contributed by atoms with Crippen molar-refractivity contribution in [1.29, 1.82) is 0 Å². The van der Waals surface area contributed by atoms with Gasteiger partial charge in [0.25, 0.3) is 0 Å². The molecule has 0 aliphatic carbocycles. The van der Waals surface area contributed by atoms with Crippen molar-refractivity contribution >= 4 is 33.9 Å². The molecule has 7 heteroatoms. The Morgan fingerprint density at radius 1 is 1.11 bits per heavy atom. The van der Waals surface area contributed by atoms with Crippen LogP contribution in [0.3, 0.4) is 0 Å². The number of furan rings is 1. The number of para-hydroxylation sites is 1. The van der Waals surface area contributed by atoms with Crippen LogP contribution in [-0.4, -0.2) is 29.7 Å². The Hall–Kier alpha value is -3.61. The largest absolute Gasteiger partial charge is 0.497 e. The maximum atomic E-state index is 12.2. The van der Waals surface area contributed by atoms with Crippen LogP contribution in [0.25, 0.3) is 22.1 Å². The average molecular weight is 377 g/mol. The van der Waals surface area contributed by atoms with Crippen molar-refractivity contribution in [3.05, 3.63) is 59.9 Å². The number of rotatable bonds is 6. The molecule has 0 bridgehead atoms. The fourth-order valence-electron chi connectivity index (χ4n) is 2.93. The first-order chi connectivity index (χ1) is 13.7. The van der Waals surface area contributed by atoms with Gasteiger partial charge in [-0.3, -0.25) is 0 Å². The highest BCUT2D eigenvalue weighted by Gasteiger charge is 2.19. The molecule has 0 atom stereocenters. The minimum Gasteiger partial charge on any atom is -0.497 e. The first-order valence-electron chi connectivity index (χ1n) is 8.92. The third kappa shape index (κ3) is 3.34. The zero-order valence-corrected chi connectivity index (χ0v) is 15.6. The number of fused-ring (bicyclic) bond motifs is 3. The highest BCUT2D eigenvalue weighted by Crippen LogP contribution is 2.31.